The number of thiazole rings is 1. The number of aromatic nitrogens is 1. The predicted octanol–water partition coefficient (Wildman–Crippen LogP) is 3.93. The molecule has 1 atom stereocenters. The van der Waals surface area contributed by atoms with Gasteiger partial charge < -0.3 is 14.6 Å². The Balaban J connectivity index is 1.97. The fourth-order valence-corrected chi connectivity index (χ4v) is 5.60. The van der Waals surface area contributed by atoms with E-state index in [0.717, 1.165) is 11.3 Å². The van der Waals surface area contributed by atoms with Crippen LogP contribution < -0.4 is 19.6 Å². The quantitative estimate of drug-likeness (QED) is 0.475. The molecule has 4 rings (SSSR count). The highest BCUT2D eigenvalue weighted by molar-refractivity contribution is 9.10. The lowest BCUT2D eigenvalue weighted by atomic mass is 9.96. The summed E-state index contributed by atoms with van der Waals surface area (Å²) in [5.41, 5.74) is 1.50. The molecule has 1 N–H and O–H groups in total. The third-order valence-corrected chi connectivity index (χ3v) is 7.02. The number of phenols is 1. The second-order valence-corrected chi connectivity index (χ2v) is 9.73. The number of carbonyl (C=O) groups excluding carboxylic acids is 1. The maximum atomic E-state index is 13.6. The van der Waals surface area contributed by atoms with Crippen LogP contribution in [0.5, 0.6) is 11.5 Å². The summed E-state index contributed by atoms with van der Waals surface area (Å²) >= 11 is 10.6. The van der Waals surface area contributed by atoms with E-state index in [2.05, 4.69) is 20.9 Å². The lowest BCUT2D eigenvalue weighted by Crippen LogP contribution is -2.39. The zero-order valence-corrected chi connectivity index (χ0v) is 21.6. The van der Waals surface area contributed by atoms with Crippen LogP contribution in [-0.2, 0) is 9.53 Å². The molecule has 0 radical (unpaired) electrons. The Hall–Kier alpha value is -2.88. The average molecular weight is 564 g/mol. The van der Waals surface area contributed by atoms with E-state index >= 15 is 0 Å². The third-order valence-electron chi connectivity index (χ3n) is 5.29. The molecule has 0 aliphatic carbocycles. The largest absolute Gasteiger partial charge is 0.506 e. The van der Waals surface area contributed by atoms with Crippen LogP contribution in [0, 0.1) is 0 Å². The van der Waals surface area contributed by atoms with E-state index in [1.54, 1.807) is 63.4 Å². The maximum absolute atomic E-state index is 13.6. The molecule has 0 amide bonds. The number of aromatic hydroxyl groups is 1. The van der Waals surface area contributed by atoms with E-state index in [0.29, 0.717) is 42.0 Å². The van der Waals surface area contributed by atoms with Crippen LogP contribution in [0.4, 0.5) is 0 Å². The van der Waals surface area contributed by atoms with Crippen molar-refractivity contribution in [1.29, 1.82) is 0 Å². The summed E-state index contributed by atoms with van der Waals surface area (Å²) in [6.07, 6.45) is 1.56. The van der Waals surface area contributed by atoms with Crippen LogP contribution in [0.25, 0.3) is 6.08 Å². The molecular formula is C24H20BrClN2O5S. The predicted molar refractivity (Wildman–Crippen MR) is 134 cm³/mol. The number of allylic oxidation sites excluding steroid dienone is 1. The number of esters is 1. The second-order valence-electron chi connectivity index (χ2n) is 7.40. The Kier molecular flexibility index (Phi) is 6.97. The van der Waals surface area contributed by atoms with Gasteiger partial charge in [-0.15, -0.1) is 0 Å². The van der Waals surface area contributed by atoms with Gasteiger partial charge in [0.15, 0.2) is 4.80 Å². The number of phenolic OH excluding ortho intramolecular Hbond substituents is 1. The molecule has 0 unspecified atom stereocenters. The number of carbonyl (C=O) groups is 1. The minimum atomic E-state index is -0.733. The molecule has 2 aromatic carbocycles. The van der Waals surface area contributed by atoms with Crippen molar-refractivity contribution in [3.8, 4) is 11.5 Å². The highest BCUT2D eigenvalue weighted by Crippen LogP contribution is 2.33. The molecule has 3 aromatic rings. The van der Waals surface area contributed by atoms with Gasteiger partial charge in [0.1, 0.15) is 11.5 Å². The van der Waals surface area contributed by atoms with Gasteiger partial charge in [-0.05, 0) is 49.8 Å². The monoisotopic (exact) mass is 562 g/mol. The fraction of sp³-hybridized carbons (Fsp3) is 0.208. The van der Waals surface area contributed by atoms with E-state index < -0.39 is 12.0 Å². The first kappa shape index (κ1) is 24.3. The molecule has 1 aliphatic rings. The van der Waals surface area contributed by atoms with E-state index in [9.17, 15) is 14.7 Å². The molecule has 0 bridgehead atoms. The van der Waals surface area contributed by atoms with Crippen molar-refractivity contribution in [3.63, 3.8) is 0 Å². The number of halogens is 2. The third kappa shape index (κ3) is 4.43. The summed E-state index contributed by atoms with van der Waals surface area (Å²) < 4.78 is 13.0. The van der Waals surface area contributed by atoms with Gasteiger partial charge in [-0.3, -0.25) is 9.36 Å². The topological polar surface area (TPSA) is 90.1 Å². The molecule has 7 nitrogen and oxygen atoms in total. The summed E-state index contributed by atoms with van der Waals surface area (Å²) in [5, 5.41) is 10.5. The molecule has 0 saturated carbocycles. The Bertz CT molecular complexity index is 1490. The number of hydrogen-bond acceptors (Lipinski definition) is 7. The fourth-order valence-electron chi connectivity index (χ4n) is 3.73. The summed E-state index contributed by atoms with van der Waals surface area (Å²) in [6.45, 7) is 3.64. The van der Waals surface area contributed by atoms with Crippen molar-refractivity contribution in [1.82, 2.24) is 4.57 Å². The van der Waals surface area contributed by atoms with Crippen molar-refractivity contribution in [2.24, 2.45) is 4.99 Å². The van der Waals surface area contributed by atoms with Gasteiger partial charge in [0.05, 0.1) is 40.6 Å². The van der Waals surface area contributed by atoms with E-state index in [1.807, 2.05) is 0 Å². The van der Waals surface area contributed by atoms with Gasteiger partial charge in [0.25, 0.3) is 5.56 Å². The van der Waals surface area contributed by atoms with Crippen molar-refractivity contribution >= 4 is 50.9 Å². The van der Waals surface area contributed by atoms with Crippen molar-refractivity contribution in [2.75, 3.05) is 13.7 Å². The number of ether oxygens (including phenoxy) is 2. The summed E-state index contributed by atoms with van der Waals surface area (Å²) in [4.78, 5) is 31.5. The summed E-state index contributed by atoms with van der Waals surface area (Å²) in [6, 6.07) is 9.64. The Morgan fingerprint density at radius 2 is 2.03 bits per heavy atom. The number of benzene rings is 2. The van der Waals surface area contributed by atoms with Crippen molar-refractivity contribution in [3.05, 3.63) is 88.0 Å². The maximum Gasteiger partial charge on any atom is 0.338 e. The normalized spacial score (nSPS) is 15.7. The SMILES string of the molecule is CCOC(=O)C1=C(C)N=c2s/c(=C\c3cc(Br)cc(Cl)c3O)c(=O)n2[C@H]1c1ccc(OC)cc1. The molecule has 176 valence electrons. The first-order valence-corrected chi connectivity index (χ1v) is 12.3. The molecule has 0 fully saturated rings. The molecule has 1 aliphatic heterocycles. The smallest absolute Gasteiger partial charge is 0.338 e. The summed E-state index contributed by atoms with van der Waals surface area (Å²) in [7, 11) is 1.57. The summed E-state index contributed by atoms with van der Waals surface area (Å²) in [5.74, 6) is -0.0161. The molecule has 0 saturated heterocycles. The van der Waals surface area contributed by atoms with Gasteiger partial charge in [-0.1, -0.05) is 51.0 Å². The van der Waals surface area contributed by atoms with Crippen molar-refractivity contribution in [2.45, 2.75) is 19.9 Å². The molecular weight excluding hydrogens is 544 g/mol. The lowest BCUT2D eigenvalue weighted by Gasteiger charge is -2.24. The molecule has 2 heterocycles. The van der Waals surface area contributed by atoms with Gasteiger partial charge in [-0.25, -0.2) is 9.79 Å². The Labute approximate surface area is 212 Å². The molecule has 0 spiro atoms. The molecule has 1 aromatic heterocycles. The second kappa shape index (κ2) is 9.77. The number of rotatable bonds is 5. The van der Waals surface area contributed by atoms with Gasteiger partial charge in [0.2, 0.25) is 0 Å². The molecule has 34 heavy (non-hydrogen) atoms. The van der Waals surface area contributed by atoms with E-state index in [4.69, 9.17) is 21.1 Å². The highest BCUT2D eigenvalue weighted by atomic mass is 79.9. The number of fused-ring (bicyclic) bond motifs is 1. The van der Waals surface area contributed by atoms with Gasteiger partial charge in [0, 0.05) is 10.0 Å². The zero-order valence-electron chi connectivity index (χ0n) is 18.5. The van der Waals surface area contributed by atoms with Crippen LogP contribution in [0.15, 0.2) is 61.9 Å². The zero-order chi connectivity index (χ0) is 24.6. The van der Waals surface area contributed by atoms with Crippen LogP contribution in [0.1, 0.15) is 31.0 Å². The molecule has 10 heteroatoms. The first-order valence-electron chi connectivity index (χ1n) is 10.3. The van der Waals surface area contributed by atoms with Gasteiger partial charge in [-0.2, -0.15) is 0 Å². The minimum absolute atomic E-state index is 0.134. The Morgan fingerprint density at radius 1 is 1.32 bits per heavy atom. The minimum Gasteiger partial charge on any atom is -0.506 e. The van der Waals surface area contributed by atoms with Crippen LogP contribution in [-0.4, -0.2) is 29.4 Å². The number of nitrogens with zero attached hydrogens (tertiary/aromatic N) is 2. The van der Waals surface area contributed by atoms with E-state index in [-0.39, 0.29) is 22.9 Å². The van der Waals surface area contributed by atoms with Crippen LogP contribution in [0.2, 0.25) is 5.02 Å². The Morgan fingerprint density at radius 3 is 2.68 bits per heavy atom. The lowest BCUT2D eigenvalue weighted by molar-refractivity contribution is -0.139. The van der Waals surface area contributed by atoms with Gasteiger partial charge >= 0.3 is 5.97 Å². The van der Waals surface area contributed by atoms with E-state index in [1.165, 1.54) is 4.57 Å². The number of methoxy groups -OCH3 is 1. The van der Waals surface area contributed by atoms with Crippen molar-refractivity contribution < 1.29 is 19.4 Å². The van der Waals surface area contributed by atoms with Crippen LogP contribution in [0.3, 0.4) is 0 Å². The first-order chi connectivity index (χ1) is 16.2. The number of hydrogen-bond donors (Lipinski definition) is 1. The standard InChI is InChI=1S/C24H20BrClN2O5S/c1-4-33-23(31)19-12(2)27-24-28(20(19)13-5-7-16(32-3)8-6-13)22(30)18(34-24)10-14-9-15(25)11-17(26)21(14)29/h5-11,20,29H,4H2,1-3H3/b18-10-/t20-/m0/s1. The average Bonchev–Trinajstić information content (AvgIpc) is 3.10. The highest BCUT2D eigenvalue weighted by Gasteiger charge is 2.33. The van der Waals surface area contributed by atoms with Crippen LogP contribution >= 0.6 is 38.9 Å².